The molecule has 3 rings (SSSR count). The van der Waals surface area contributed by atoms with Crippen molar-refractivity contribution in [1.29, 1.82) is 0 Å². The monoisotopic (exact) mass is 443 g/mol. The summed E-state index contributed by atoms with van der Waals surface area (Å²) in [5.41, 5.74) is 4.68. The molecular formula is C18H13ClF3N3O3S. The highest BCUT2D eigenvalue weighted by Crippen LogP contribution is 2.40. The second kappa shape index (κ2) is 7.96. The van der Waals surface area contributed by atoms with E-state index in [2.05, 4.69) is 10.6 Å². The summed E-state index contributed by atoms with van der Waals surface area (Å²) in [5.74, 6) is -1.86. The van der Waals surface area contributed by atoms with Crippen LogP contribution in [0, 0.1) is 0 Å². The van der Waals surface area contributed by atoms with Crippen molar-refractivity contribution in [2.45, 2.75) is 22.7 Å². The number of rotatable bonds is 4. The van der Waals surface area contributed by atoms with Gasteiger partial charge in [0.15, 0.2) is 0 Å². The molecule has 11 heteroatoms. The van der Waals surface area contributed by atoms with Crippen molar-refractivity contribution in [2.24, 2.45) is 5.73 Å². The number of nitrogens with two attached hydrogens (primary N) is 1. The highest BCUT2D eigenvalue weighted by atomic mass is 35.5. The Kier molecular flexibility index (Phi) is 5.76. The van der Waals surface area contributed by atoms with Crippen LogP contribution in [0.1, 0.15) is 22.3 Å². The van der Waals surface area contributed by atoms with Crippen LogP contribution in [0.15, 0.2) is 41.3 Å². The molecule has 0 spiro atoms. The Balaban J connectivity index is 1.70. The number of carbonyl (C=O) groups excluding carboxylic acids is 3. The molecule has 0 saturated carbocycles. The standard InChI is InChI=1S/C18H13ClF3N3O3S/c19-11-3-2-9(6-10(11)16(23)27)24-15(26)7-14-17(28)25-12-5-8(18(20,21)22)1-4-13(12)29-14/h1-6,14H,7H2,(H2,23,27)(H,24,26)(H,25,28). The maximum Gasteiger partial charge on any atom is 0.416 e. The molecule has 1 atom stereocenters. The van der Waals surface area contributed by atoms with Crippen molar-refractivity contribution in [3.8, 4) is 0 Å². The quantitative estimate of drug-likeness (QED) is 0.667. The second-order valence-electron chi connectivity index (χ2n) is 6.12. The number of benzene rings is 2. The number of carbonyl (C=O) groups is 3. The number of hydrogen-bond acceptors (Lipinski definition) is 4. The van der Waals surface area contributed by atoms with Crippen LogP contribution in [-0.2, 0) is 15.8 Å². The van der Waals surface area contributed by atoms with E-state index in [0.717, 1.165) is 23.9 Å². The van der Waals surface area contributed by atoms with Crippen LogP contribution in [0.5, 0.6) is 0 Å². The maximum absolute atomic E-state index is 12.8. The van der Waals surface area contributed by atoms with E-state index >= 15 is 0 Å². The molecule has 29 heavy (non-hydrogen) atoms. The molecule has 1 aliphatic heterocycles. The first-order valence-electron chi connectivity index (χ1n) is 8.12. The molecule has 152 valence electrons. The molecule has 0 aromatic heterocycles. The molecule has 1 aliphatic rings. The largest absolute Gasteiger partial charge is 0.416 e. The van der Waals surface area contributed by atoms with E-state index in [-0.39, 0.29) is 28.4 Å². The predicted molar refractivity (Wildman–Crippen MR) is 103 cm³/mol. The molecule has 0 radical (unpaired) electrons. The average molecular weight is 444 g/mol. The maximum atomic E-state index is 12.8. The van der Waals surface area contributed by atoms with Crippen LogP contribution in [0.2, 0.25) is 5.02 Å². The van der Waals surface area contributed by atoms with Gasteiger partial charge in [-0.05, 0) is 36.4 Å². The van der Waals surface area contributed by atoms with Gasteiger partial charge in [-0.15, -0.1) is 11.8 Å². The smallest absolute Gasteiger partial charge is 0.366 e. The van der Waals surface area contributed by atoms with Crippen LogP contribution < -0.4 is 16.4 Å². The van der Waals surface area contributed by atoms with E-state index in [4.69, 9.17) is 17.3 Å². The summed E-state index contributed by atoms with van der Waals surface area (Å²) in [6.45, 7) is 0. The zero-order valence-corrected chi connectivity index (χ0v) is 16.0. The Morgan fingerprint density at radius 1 is 1.21 bits per heavy atom. The van der Waals surface area contributed by atoms with Gasteiger partial charge in [-0.2, -0.15) is 13.2 Å². The number of anilines is 2. The van der Waals surface area contributed by atoms with Gasteiger partial charge in [-0.1, -0.05) is 11.6 Å². The van der Waals surface area contributed by atoms with E-state index in [1.165, 1.54) is 24.3 Å². The summed E-state index contributed by atoms with van der Waals surface area (Å²) in [4.78, 5) is 36.3. The Labute approximate surface area is 172 Å². The van der Waals surface area contributed by atoms with Gasteiger partial charge in [0, 0.05) is 17.0 Å². The first kappa shape index (κ1) is 21.0. The number of alkyl halides is 3. The molecule has 0 aliphatic carbocycles. The lowest BCUT2D eigenvalue weighted by atomic mass is 10.1. The molecule has 2 aromatic rings. The Bertz CT molecular complexity index is 1010. The molecule has 1 unspecified atom stereocenters. The highest BCUT2D eigenvalue weighted by molar-refractivity contribution is 8.01. The summed E-state index contributed by atoms with van der Waals surface area (Å²) in [7, 11) is 0. The molecule has 0 saturated heterocycles. The number of halogens is 4. The van der Waals surface area contributed by atoms with Crippen LogP contribution in [-0.4, -0.2) is 23.0 Å². The third kappa shape index (κ3) is 4.83. The lowest BCUT2D eigenvalue weighted by Crippen LogP contribution is -2.32. The van der Waals surface area contributed by atoms with E-state index in [9.17, 15) is 27.6 Å². The minimum absolute atomic E-state index is 0.0312. The molecule has 2 aromatic carbocycles. The van der Waals surface area contributed by atoms with Crippen LogP contribution >= 0.6 is 23.4 Å². The second-order valence-corrected chi connectivity index (χ2v) is 7.77. The summed E-state index contributed by atoms with van der Waals surface area (Å²) in [5, 5.41) is 4.24. The van der Waals surface area contributed by atoms with E-state index in [1.807, 2.05) is 0 Å². The Morgan fingerprint density at radius 3 is 2.59 bits per heavy atom. The van der Waals surface area contributed by atoms with E-state index in [1.54, 1.807) is 0 Å². The van der Waals surface area contributed by atoms with Crippen molar-refractivity contribution in [2.75, 3.05) is 10.6 Å². The molecule has 0 fully saturated rings. The van der Waals surface area contributed by atoms with E-state index < -0.39 is 34.7 Å². The van der Waals surface area contributed by atoms with Gasteiger partial charge in [0.05, 0.1) is 27.1 Å². The number of nitrogens with one attached hydrogen (secondary N) is 2. The molecule has 6 nitrogen and oxygen atoms in total. The van der Waals surface area contributed by atoms with Gasteiger partial charge < -0.3 is 16.4 Å². The summed E-state index contributed by atoms with van der Waals surface area (Å²) >= 11 is 6.85. The third-order valence-electron chi connectivity index (χ3n) is 4.01. The first-order chi connectivity index (χ1) is 13.5. The first-order valence-corrected chi connectivity index (χ1v) is 9.38. The zero-order valence-electron chi connectivity index (χ0n) is 14.5. The van der Waals surface area contributed by atoms with Crippen molar-refractivity contribution in [3.05, 3.63) is 52.5 Å². The van der Waals surface area contributed by atoms with Crippen molar-refractivity contribution in [3.63, 3.8) is 0 Å². The molecule has 4 N–H and O–H groups in total. The molecule has 3 amide bonds. The minimum atomic E-state index is -4.52. The topological polar surface area (TPSA) is 101 Å². The average Bonchev–Trinajstić information content (AvgIpc) is 2.62. The SMILES string of the molecule is NC(=O)c1cc(NC(=O)CC2Sc3ccc(C(F)(F)F)cc3NC2=O)ccc1Cl. The van der Waals surface area contributed by atoms with E-state index in [0.29, 0.717) is 4.90 Å². The molecule has 0 bridgehead atoms. The third-order valence-corrected chi connectivity index (χ3v) is 5.62. The number of hydrogen-bond donors (Lipinski definition) is 3. The highest BCUT2D eigenvalue weighted by Gasteiger charge is 2.34. The zero-order chi connectivity index (χ0) is 21.3. The number of fused-ring (bicyclic) bond motifs is 1. The lowest BCUT2D eigenvalue weighted by molar-refractivity contribution is -0.137. The normalized spacial score (nSPS) is 16.0. The summed E-state index contributed by atoms with van der Waals surface area (Å²) in [6, 6.07) is 7.20. The van der Waals surface area contributed by atoms with Crippen molar-refractivity contribution in [1.82, 2.24) is 0 Å². The summed E-state index contributed by atoms with van der Waals surface area (Å²) in [6.07, 6.45) is -4.75. The van der Waals surface area contributed by atoms with Gasteiger partial charge in [0.25, 0.3) is 0 Å². The number of thioether (sulfide) groups is 1. The van der Waals surface area contributed by atoms with Crippen molar-refractivity contribution >= 4 is 52.5 Å². The van der Waals surface area contributed by atoms with Gasteiger partial charge in [-0.25, -0.2) is 0 Å². The number of amides is 3. The molecular weight excluding hydrogens is 431 g/mol. The fourth-order valence-electron chi connectivity index (χ4n) is 2.63. The minimum Gasteiger partial charge on any atom is -0.366 e. The van der Waals surface area contributed by atoms with Crippen LogP contribution in [0.3, 0.4) is 0 Å². The number of primary amides is 1. The van der Waals surface area contributed by atoms with Crippen molar-refractivity contribution < 1.29 is 27.6 Å². The van der Waals surface area contributed by atoms with Gasteiger partial charge in [-0.3, -0.25) is 14.4 Å². The van der Waals surface area contributed by atoms with Crippen LogP contribution in [0.4, 0.5) is 24.5 Å². The summed E-state index contributed by atoms with van der Waals surface area (Å²) < 4.78 is 38.4. The van der Waals surface area contributed by atoms with Gasteiger partial charge in [0.1, 0.15) is 0 Å². The lowest BCUT2D eigenvalue weighted by Gasteiger charge is -2.24. The van der Waals surface area contributed by atoms with Gasteiger partial charge in [0.2, 0.25) is 17.7 Å². The Morgan fingerprint density at radius 2 is 1.93 bits per heavy atom. The molecule has 1 heterocycles. The predicted octanol–water partition coefficient (Wildman–Crippen LogP) is 3.90. The van der Waals surface area contributed by atoms with Crippen LogP contribution in [0.25, 0.3) is 0 Å². The Hall–Kier alpha value is -2.72. The fraction of sp³-hybridized carbons (Fsp3) is 0.167. The van der Waals surface area contributed by atoms with Gasteiger partial charge >= 0.3 is 6.18 Å². The fourth-order valence-corrected chi connectivity index (χ4v) is 3.93.